The van der Waals surface area contributed by atoms with Gasteiger partial charge in [0.15, 0.2) is 0 Å². The summed E-state index contributed by atoms with van der Waals surface area (Å²) in [5, 5.41) is 3.68. The van der Waals surface area contributed by atoms with E-state index in [0.29, 0.717) is 18.1 Å². The Bertz CT molecular complexity index is 357. The SMILES string of the molecule is CCSCCC(C)NC(C)CC1CCCN1C(=O)OC(C)(C)C. The van der Waals surface area contributed by atoms with Crippen LogP contribution in [0.4, 0.5) is 4.79 Å². The van der Waals surface area contributed by atoms with E-state index in [1.165, 1.54) is 17.9 Å². The number of carbonyl (C=O) groups excluding carboxylic acids is 1. The summed E-state index contributed by atoms with van der Waals surface area (Å²) in [6, 6.07) is 1.26. The van der Waals surface area contributed by atoms with Gasteiger partial charge in [0.2, 0.25) is 0 Å². The molecule has 0 aromatic carbocycles. The molecule has 0 bridgehead atoms. The van der Waals surface area contributed by atoms with Gasteiger partial charge < -0.3 is 15.0 Å². The molecule has 0 radical (unpaired) electrons. The Hall–Kier alpha value is -0.420. The molecule has 0 aromatic rings. The Labute approximate surface area is 147 Å². The lowest BCUT2D eigenvalue weighted by atomic mass is 10.1. The van der Waals surface area contributed by atoms with Gasteiger partial charge in [0.1, 0.15) is 5.60 Å². The molecule has 1 saturated heterocycles. The summed E-state index contributed by atoms with van der Waals surface area (Å²) in [7, 11) is 0. The monoisotopic (exact) mass is 344 g/mol. The van der Waals surface area contributed by atoms with Crippen LogP contribution >= 0.6 is 11.8 Å². The van der Waals surface area contributed by atoms with Gasteiger partial charge >= 0.3 is 6.09 Å². The van der Waals surface area contributed by atoms with Gasteiger partial charge in [-0.15, -0.1) is 0 Å². The summed E-state index contributed by atoms with van der Waals surface area (Å²) < 4.78 is 5.54. The van der Waals surface area contributed by atoms with Crippen LogP contribution in [0, 0.1) is 0 Å². The Morgan fingerprint density at radius 2 is 2.04 bits per heavy atom. The molecule has 0 aromatic heterocycles. The van der Waals surface area contributed by atoms with Gasteiger partial charge in [0.25, 0.3) is 0 Å². The standard InChI is InChI=1S/C18H36N2O2S/c1-7-23-12-10-14(2)19-15(3)13-16-9-8-11-20(16)17(21)22-18(4,5)6/h14-16,19H,7-13H2,1-6H3. The van der Waals surface area contributed by atoms with Gasteiger partial charge in [-0.1, -0.05) is 6.92 Å². The zero-order valence-corrected chi connectivity index (χ0v) is 16.7. The number of nitrogens with zero attached hydrogens (tertiary/aromatic N) is 1. The van der Waals surface area contributed by atoms with Crippen molar-refractivity contribution in [1.29, 1.82) is 0 Å². The van der Waals surface area contributed by atoms with E-state index in [2.05, 4.69) is 26.1 Å². The van der Waals surface area contributed by atoms with Crippen molar-refractivity contribution in [2.75, 3.05) is 18.1 Å². The third-order valence-electron chi connectivity index (χ3n) is 4.10. The molecule has 1 N–H and O–H groups in total. The fraction of sp³-hybridized carbons (Fsp3) is 0.944. The zero-order valence-electron chi connectivity index (χ0n) is 15.9. The molecule has 136 valence electrons. The van der Waals surface area contributed by atoms with Crippen LogP contribution in [-0.2, 0) is 4.74 Å². The molecule has 0 saturated carbocycles. The van der Waals surface area contributed by atoms with Gasteiger partial charge in [-0.05, 0) is 71.8 Å². The summed E-state index contributed by atoms with van der Waals surface area (Å²) in [4.78, 5) is 14.3. The van der Waals surface area contributed by atoms with Crippen LogP contribution in [-0.4, -0.2) is 52.8 Å². The van der Waals surface area contributed by atoms with Crippen molar-refractivity contribution in [3.05, 3.63) is 0 Å². The number of hydrogen-bond donors (Lipinski definition) is 1. The van der Waals surface area contributed by atoms with Crippen LogP contribution < -0.4 is 5.32 Å². The van der Waals surface area contributed by atoms with Crippen LogP contribution in [0.3, 0.4) is 0 Å². The topological polar surface area (TPSA) is 41.6 Å². The second kappa shape index (κ2) is 9.77. The van der Waals surface area contributed by atoms with E-state index >= 15 is 0 Å². The summed E-state index contributed by atoms with van der Waals surface area (Å²) >= 11 is 2.00. The molecule has 1 rings (SSSR count). The van der Waals surface area contributed by atoms with E-state index in [-0.39, 0.29) is 6.09 Å². The largest absolute Gasteiger partial charge is 0.444 e. The molecule has 3 atom stereocenters. The lowest BCUT2D eigenvalue weighted by Gasteiger charge is -2.30. The molecule has 0 spiro atoms. The van der Waals surface area contributed by atoms with Gasteiger partial charge in [-0.2, -0.15) is 11.8 Å². The lowest BCUT2D eigenvalue weighted by Crippen LogP contribution is -2.44. The van der Waals surface area contributed by atoms with Gasteiger partial charge in [0.05, 0.1) is 0 Å². The molecule has 3 unspecified atom stereocenters. The Balaban J connectivity index is 2.40. The highest BCUT2D eigenvalue weighted by atomic mass is 32.2. The average Bonchev–Trinajstić information content (AvgIpc) is 2.85. The summed E-state index contributed by atoms with van der Waals surface area (Å²) in [6.07, 6.45) is 4.22. The Kier molecular flexibility index (Phi) is 8.76. The highest BCUT2D eigenvalue weighted by Gasteiger charge is 2.32. The fourth-order valence-corrected chi connectivity index (χ4v) is 3.90. The Morgan fingerprint density at radius 1 is 1.35 bits per heavy atom. The van der Waals surface area contributed by atoms with Crippen molar-refractivity contribution in [3.8, 4) is 0 Å². The summed E-state index contributed by atoms with van der Waals surface area (Å²) in [5.74, 6) is 2.40. The van der Waals surface area contributed by atoms with Crippen LogP contribution in [0.1, 0.15) is 67.2 Å². The maximum atomic E-state index is 12.3. The first-order valence-corrected chi connectivity index (χ1v) is 10.2. The van der Waals surface area contributed by atoms with Crippen LogP contribution in [0.2, 0.25) is 0 Å². The smallest absolute Gasteiger partial charge is 0.410 e. The number of hydrogen-bond acceptors (Lipinski definition) is 4. The summed E-state index contributed by atoms with van der Waals surface area (Å²) in [6.45, 7) is 13.3. The van der Waals surface area contributed by atoms with Gasteiger partial charge in [-0.25, -0.2) is 4.79 Å². The highest BCUT2D eigenvalue weighted by Crippen LogP contribution is 2.24. The number of thioether (sulfide) groups is 1. The molecule has 1 aliphatic rings. The maximum absolute atomic E-state index is 12.3. The van der Waals surface area contributed by atoms with E-state index < -0.39 is 5.60 Å². The predicted octanol–water partition coefficient (Wildman–Crippen LogP) is 4.29. The minimum absolute atomic E-state index is 0.153. The quantitative estimate of drug-likeness (QED) is 0.667. The van der Waals surface area contributed by atoms with Gasteiger partial charge in [0, 0.05) is 24.7 Å². The average molecular weight is 345 g/mol. The van der Waals surface area contributed by atoms with Crippen LogP contribution in [0.15, 0.2) is 0 Å². The fourth-order valence-electron chi connectivity index (χ4n) is 3.09. The van der Waals surface area contributed by atoms with E-state index in [0.717, 1.165) is 25.8 Å². The number of likely N-dealkylation sites (tertiary alicyclic amines) is 1. The lowest BCUT2D eigenvalue weighted by molar-refractivity contribution is 0.0214. The number of ether oxygens (including phenoxy) is 1. The van der Waals surface area contributed by atoms with E-state index in [9.17, 15) is 4.79 Å². The van der Waals surface area contributed by atoms with Crippen LogP contribution in [0.25, 0.3) is 0 Å². The number of amides is 1. The number of rotatable bonds is 8. The van der Waals surface area contributed by atoms with Crippen molar-refractivity contribution in [2.45, 2.75) is 91.0 Å². The highest BCUT2D eigenvalue weighted by molar-refractivity contribution is 7.99. The van der Waals surface area contributed by atoms with E-state index in [1.54, 1.807) is 0 Å². The minimum Gasteiger partial charge on any atom is -0.444 e. The Morgan fingerprint density at radius 3 is 2.65 bits per heavy atom. The van der Waals surface area contributed by atoms with Crippen LogP contribution in [0.5, 0.6) is 0 Å². The molecule has 4 nitrogen and oxygen atoms in total. The first kappa shape index (κ1) is 20.6. The first-order valence-electron chi connectivity index (χ1n) is 9.06. The maximum Gasteiger partial charge on any atom is 0.410 e. The van der Waals surface area contributed by atoms with Gasteiger partial charge in [-0.3, -0.25) is 0 Å². The third kappa shape index (κ3) is 8.30. The van der Waals surface area contributed by atoms with Crippen molar-refractivity contribution < 1.29 is 9.53 Å². The molecule has 1 fully saturated rings. The van der Waals surface area contributed by atoms with E-state index in [4.69, 9.17) is 4.74 Å². The van der Waals surface area contributed by atoms with Crippen molar-refractivity contribution in [1.82, 2.24) is 10.2 Å². The molecule has 5 heteroatoms. The number of carbonyl (C=O) groups is 1. The molecule has 1 amide bonds. The van der Waals surface area contributed by atoms with Crippen molar-refractivity contribution in [2.24, 2.45) is 0 Å². The molecule has 1 heterocycles. The summed E-state index contributed by atoms with van der Waals surface area (Å²) in [5.41, 5.74) is -0.417. The molecular weight excluding hydrogens is 308 g/mol. The van der Waals surface area contributed by atoms with Crippen molar-refractivity contribution >= 4 is 17.9 Å². The molecule has 1 aliphatic heterocycles. The zero-order chi connectivity index (χ0) is 17.5. The molecule has 0 aliphatic carbocycles. The molecule has 23 heavy (non-hydrogen) atoms. The second-order valence-electron chi connectivity index (χ2n) is 7.66. The third-order valence-corrected chi connectivity index (χ3v) is 5.03. The molecular formula is C18H36N2O2S. The number of nitrogens with one attached hydrogen (secondary N) is 1. The van der Waals surface area contributed by atoms with Crippen molar-refractivity contribution in [3.63, 3.8) is 0 Å². The predicted molar refractivity (Wildman–Crippen MR) is 100 cm³/mol. The first-order chi connectivity index (χ1) is 10.7. The minimum atomic E-state index is -0.417. The second-order valence-corrected chi connectivity index (χ2v) is 9.05. The van der Waals surface area contributed by atoms with E-state index in [1.807, 2.05) is 37.4 Å². The normalized spacial score (nSPS) is 21.3.